The SMILES string of the molecule is COC[C@@H](c1ccccn1)N(C)Cc1nc2ccsc2c(=O)[nH]1. The standard InChI is InChI=1S/C16H18N4O2S/c1-20(13(10-22-2)11-5-3-4-7-17-11)9-14-18-12-6-8-23-15(12)16(21)19-14/h3-8,13H,9-10H2,1-2H3,(H,18,19,21)/t13-/m0/s1. The number of likely N-dealkylation sites (N-methyl/N-ethyl adjacent to an activating group) is 1. The summed E-state index contributed by atoms with van der Waals surface area (Å²) < 4.78 is 5.99. The van der Waals surface area contributed by atoms with Crippen molar-refractivity contribution in [2.24, 2.45) is 0 Å². The molecule has 0 amide bonds. The van der Waals surface area contributed by atoms with Gasteiger partial charge in [0.2, 0.25) is 0 Å². The van der Waals surface area contributed by atoms with Crippen LogP contribution in [-0.2, 0) is 11.3 Å². The van der Waals surface area contributed by atoms with E-state index in [9.17, 15) is 4.79 Å². The molecule has 0 bridgehead atoms. The third kappa shape index (κ3) is 3.47. The highest BCUT2D eigenvalue weighted by molar-refractivity contribution is 7.17. The largest absolute Gasteiger partial charge is 0.383 e. The molecule has 0 unspecified atom stereocenters. The fourth-order valence-corrected chi connectivity index (χ4v) is 3.24. The number of nitrogens with zero attached hydrogens (tertiary/aromatic N) is 3. The molecule has 7 heteroatoms. The Bertz CT molecular complexity index is 831. The summed E-state index contributed by atoms with van der Waals surface area (Å²) in [5.41, 5.74) is 1.58. The van der Waals surface area contributed by atoms with Crippen molar-refractivity contribution in [2.45, 2.75) is 12.6 Å². The zero-order valence-electron chi connectivity index (χ0n) is 13.0. The summed E-state index contributed by atoms with van der Waals surface area (Å²) in [6.07, 6.45) is 1.77. The van der Waals surface area contributed by atoms with E-state index in [0.717, 1.165) is 11.2 Å². The van der Waals surface area contributed by atoms with Crippen molar-refractivity contribution in [3.8, 4) is 0 Å². The van der Waals surface area contributed by atoms with E-state index in [1.165, 1.54) is 11.3 Å². The van der Waals surface area contributed by atoms with Crippen LogP contribution >= 0.6 is 11.3 Å². The summed E-state index contributed by atoms with van der Waals surface area (Å²) in [5, 5.41) is 1.88. The normalized spacial score (nSPS) is 12.8. The molecule has 23 heavy (non-hydrogen) atoms. The van der Waals surface area contributed by atoms with Gasteiger partial charge in [-0.2, -0.15) is 0 Å². The first-order chi connectivity index (χ1) is 11.2. The number of H-pyrrole nitrogens is 1. The van der Waals surface area contributed by atoms with Crippen LogP contribution in [0, 0.1) is 0 Å². The summed E-state index contributed by atoms with van der Waals surface area (Å²) in [6.45, 7) is 1.02. The minimum atomic E-state index is -0.0884. The molecule has 0 aliphatic carbocycles. The molecule has 1 atom stereocenters. The van der Waals surface area contributed by atoms with Gasteiger partial charge in [0, 0.05) is 13.3 Å². The Morgan fingerprint density at radius 1 is 1.39 bits per heavy atom. The fourth-order valence-electron chi connectivity index (χ4n) is 2.51. The Balaban J connectivity index is 1.85. The number of pyridine rings is 1. The smallest absolute Gasteiger partial charge is 0.268 e. The van der Waals surface area contributed by atoms with Crippen LogP contribution in [-0.4, -0.2) is 40.6 Å². The average Bonchev–Trinajstić information content (AvgIpc) is 3.02. The van der Waals surface area contributed by atoms with E-state index in [1.54, 1.807) is 13.3 Å². The highest BCUT2D eigenvalue weighted by Crippen LogP contribution is 2.20. The number of thiophene rings is 1. The lowest BCUT2D eigenvalue weighted by atomic mass is 10.1. The van der Waals surface area contributed by atoms with Gasteiger partial charge in [0.05, 0.1) is 30.4 Å². The number of rotatable bonds is 6. The monoisotopic (exact) mass is 330 g/mol. The number of aromatic nitrogens is 3. The maximum absolute atomic E-state index is 12.1. The number of ether oxygens (including phenoxy) is 1. The number of methoxy groups -OCH3 is 1. The number of hydrogen-bond donors (Lipinski definition) is 1. The summed E-state index contributed by atoms with van der Waals surface area (Å²) >= 11 is 1.40. The van der Waals surface area contributed by atoms with Crippen LogP contribution in [0.4, 0.5) is 0 Å². The highest BCUT2D eigenvalue weighted by Gasteiger charge is 2.19. The fraction of sp³-hybridized carbons (Fsp3) is 0.312. The molecule has 3 heterocycles. The lowest BCUT2D eigenvalue weighted by Gasteiger charge is -2.26. The van der Waals surface area contributed by atoms with Gasteiger partial charge in [-0.1, -0.05) is 6.07 Å². The second-order valence-corrected chi connectivity index (χ2v) is 6.20. The van der Waals surface area contributed by atoms with Crippen molar-refractivity contribution in [1.82, 2.24) is 19.9 Å². The first-order valence-electron chi connectivity index (χ1n) is 7.25. The summed E-state index contributed by atoms with van der Waals surface area (Å²) in [7, 11) is 3.64. The predicted molar refractivity (Wildman–Crippen MR) is 90.6 cm³/mol. The molecule has 120 valence electrons. The molecule has 0 saturated heterocycles. The maximum atomic E-state index is 12.1. The molecular weight excluding hydrogens is 312 g/mol. The molecule has 0 radical (unpaired) electrons. The molecule has 0 aliphatic rings. The van der Waals surface area contributed by atoms with Crippen molar-refractivity contribution in [3.05, 3.63) is 57.7 Å². The van der Waals surface area contributed by atoms with Gasteiger partial charge in [0.15, 0.2) is 0 Å². The van der Waals surface area contributed by atoms with Crippen LogP contribution in [0.15, 0.2) is 40.6 Å². The van der Waals surface area contributed by atoms with Gasteiger partial charge in [-0.25, -0.2) is 4.98 Å². The molecule has 1 N–H and O–H groups in total. The van der Waals surface area contributed by atoms with Crippen LogP contribution in [0.5, 0.6) is 0 Å². The molecule has 0 fully saturated rings. The Kier molecular flexibility index (Phi) is 4.80. The molecule has 0 aliphatic heterocycles. The van der Waals surface area contributed by atoms with Crippen LogP contribution in [0.25, 0.3) is 10.2 Å². The van der Waals surface area contributed by atoms with Crippen molar-refractivity contribution < 1.29 is 4.74 Å². The molecule has 3 aromatic rings. The molecule has 3 aromatic heterocycles. The van der Waals surface area contributed by atoms with Gasteiger partial charge in [0.1, 0.15) is 10.5 Å². The maximum Gasteiger partial charge on any atom is 0.268 e. The van der Waals surface area contributed by atoms with Crippen LogP contribution in [0.1, 0.15) is 17.6 Å². The first kappa shape index (κ1) is 15.8. The third-order valence-corrected chi connectivity index (χ3v) is 4.55. The number of fused-ring (bicyclic) bond motifs is 1. The molecule has 0 aromatic carbocycles. The van der Waals surface area contributed by atoms with Gasteiger partial charge in [0.25, 0.3) is 5.56 Å². The predicted octanol–water partition coefficient (Wildman–Crippen LogP) is 2.20. The van der Waals surface area contributed by atoms with Crippen LogP contribution in [0.3, 0.4) is 0 Å². The average molecular weight is 330 g/mol. The molecule has 0 spiro atoms. The Morgan fingerprint density at radius 2 is 2.26 bits per heavy atom. The molecular formula is C16H18N4O2S. The van der Waals surface area contributed by atoms with Crippen molar-refractivity contribution >= 4 is 21.6 Å². The lowest BCUT2D eigenvalue weighted by Crippen LogP contribution is -2.29. The van der Waals surface area contributed by atoms with Crippen LogP contribution in [0.2, 0.25) is 0 Å². The van der Waals surface area contributed by atoms with E-state index in [-0.39, 0.29) is 11.6 Å². The minimum Gasteiger partial charge on any atom is -0.383 e. The van der Waals surface area contributed by atoms with Crippen molar-refractivity contribution in [2.75, 3.05) is 20.8 Å². The highest BCUT2D eigenvalue weighted by atomic mass is 32.1. The van der Waals surface area contributed by atoms with E-state index in [1.807, 2.05) is 36.7 Å². The second-order valence-electron chi connectivity index (χ2n) is 5.29. The zero-order valence-corrected chi connectivity index (χ0v) is 13.8. The summed E-state index contributed by atoms with van der Waals surface area (Å²) in [5.74, 6) is 0.639. The van der Waals surface area contributed by atoms with E-state index >= 15 is 0 Å². The van der Waals surface area contributed by atoms with Gasteiger partial charge in [-0.3, -0.25) is 14.7 Å². The van der Waals surface area contributed by atoms with Gasteiger partial charge in [-0.15, -0.1) is 11.3 Å². The van der Waals surface area contributed by atoms with E-state index in [4.69, 9.17) is 4.74 Å². The molecule has 0 saturated carbocycles. The second kappa shape index (κ2) is 6.99. The summed E-state index contributed by atoms with van der Waals surface area (Å²) in [4.78, 5) is 25.9. The van der Waals surface area contributed by atoms with E-state index in [2.05, 4.69) is 19.9 Å². The molecule has 3 rings (SSSR count). The summed E-state index contributed by atoms with van der Waals surface area (Å²) in [6, 6.07) is 7.67. The Hall–Kier alpha value is -2.09. The Labute approximate surface area is 137 Å². The minimum absolute atomic E-state index is 0.00956. The van der Waals surface area contributed by atoms with Crippen molar-refractivity contribution in [1.29, 1.82) is 0 Å². The van der Waals surface area contributed by atoms with Crippen LogP contribution < -0.4 is 5.56 Å². The number of hydrogen-bond acceptors (Lipinski definition) is 6. The van der Waals surface area contributed by atoms with Gasteiger partial charge < -0.3 is 9.72 Å². The number of nitrogens with one attached hydrogen (secondary N) is 1. The van der Waals surface area contributed by atoms with Gasteiger partial charge >= 0.3 is 0 Å². The van der Waals surface area contributed by atoms with Crippen molar-refractivity contribution in [3.63, 3.8) is 0 Å². The lowest BCUT2D eigenvalue weighted by molar-refractivity contribution is 0.0985. The van der Waals surface area contributed by atoms with E-state index < -0.39 is 0 Å². The quantitative estimate of drug-likeness (QED) is 0.750. The van der Waals surface area contributed by atoms with E-state index in [0.29, 0.717) is 23.7 Å². The first-order valence-corrected chi connectivity index (χ1v) is 8.13. The molecule has 6 nitrogen and oxygen atoms in total. The third-order valence-electron chi connectivity index (χ3n) is 3.65. The number of aromatic amines is 1. The zero-order chi connectivity index (χ0) is 16.2. The van der Waals surface area contributed by atoms with Gasteiger partial charge in [-0.05, 0) is 30.6 Å². The Morgan fingerprint density at radius 3 is 3.00 bits per heavy atom. The topological polar surface area (TPSA) is 71.1 Å².